The minimum atomic E-state index is -0.813. The summed E-state index contributed by atoms with van der Waals surface area (Å²) in [5, 5.41) is 3.67. The molecular weight excluding hydrogens is 370 g/mol. The molecule has 7 nitrogen and oxygen atoms in total. The van der Waals surface area contributed by atoms with Gasteiger partial charge in [0.2, 0.25) is 0 Å². The number of ether oxygens (including phenoxy) is 3. The molecule has 0 aromatic rings. The number of guanidine groups is 1. The van der Waals surface area contributed by atoms with Crippen LogP contribution in [-0.2, 0) is 19.0 Å². The summed E-state index contributed by atoms with van der Waals surface area (Å²) in [5.74, 6) is 0.341. The minimum absolute atomic E-state index is 0.0777. The van der Waals surface area contributed by atoms with Gasteiger partial charge in [-0.05, 0) is 72.1 Å². The third-order valence-corrected chi connectivity index (χ3v) is 7.16. The van der Waals surface area contributed by atoms with E-state index >= 15 is 0 Å². The molecule has 2 spiro atoms. The molecule has 0 aromatic carbocycles. The lowest BCUT2D eigenvalue weighted by Crippen LogP contribution is -2.71. The Hall–Kier alpha value is -1.34. The molecule has 5 aliphatic rings. The number of hydrogen-bond donors (Lipinski definition) is 1. The molecule has 1 N–H and O–H groups in total. The van der Waals surface area contributed by atoms with Gasteiger partial charge in [0.25, 0.3) is 0 Å². The van der Waals surface area contributed by atoms with Crippen molar-refractivity contribution in [2.45, 2.75) is 108 Å². The summed E-state index contributed by atoms with van der Waals surface area (Å²) in [4.78, 5) is 20.9. The third-order valence-electron chi connectivity index (χ3n) is 7.16. The first kappa shape index (κ1) is 19.6. The van der Waals surface area contributed by atoms with Crippen LogP contribution in [0, 0.1) is 5.92 Å². The molecule has 0 aliphatic carbocycles. The van der Waals surface area contributed by atoms with Crippen molar-refractivity contribution in [1.29, 1.82) is 0 Å². The van der Waals surface area contributed by atoms with Crippen LogP contribution >= 0.6 is 0 Å². The lowest BCUT2D eigenvalue weighted by Gasteiger charge is -2.55. The van der Waals surface area contributed by atoms with Gasteiger partial charge in [0.05, 0.1) is 6.04 Å². The van der Waals surface area contributed by atoms with Crippen molar-refractivity contribution in [2.24, 2.45) is 10.9 Å². The van der Waals surface area contributed by atoms with Gasteiger partial charge in [-0.2, -0.15) is 0 Å². The van der Waals surface area contributed by atoms with Crippen molar-refractivity contribution < 1.29 is 19.0 Å². The Morgan fingerprint density at radius 3 is 2.55 bits per heavy atom. The summed E-state index contributed by atoms with van der Waals surface area (Å²) in [7, 11) is 0. The van der Waals surface area contributed by atoms with E-state index in [1.165, 1.54) is 6.42 Å². The Bertz CT molecular complexity index is 689. The van der Waals surface area contributed by atoms with Crippen LogP contribution in [0.1, 0.15) is 78.6 Å². The smallest absolute Gasteiger partial charge is 0.316 e. The predicted octanol–water partition coefficient (Wildman–Crippen LogP) is 2.93. The summed E-state index contributed by atoms with van der Waals surface area (Å²) < 4.78 is 18.5. The Kier molecular flexibility index (Phi) is 4.63. The molecule has 1 unspecified atom stereocenters. The molecule has 0 bridgehead atoms. The molecule has 4 fully saturated rings. The van der Waals surface area contributed by atoms with E-state index in [9.17, 15) is 4.79 Å². The second kappa shape index (κ2) is 6.84. The predicted molar refractivity (Wildman–Crippen MR) is 108 cm³/mol. The Labute approximate surface area is 173 Å². The Morgan fingerprint density at radius 1 is 1.14 bits per heavy atom. The topological polar surface area (TPSA) is 72.4 Å². The van der Waals surface area contributed by atoms with Crippen LogP contribution < -0.4 is 5.32 Å². The highest BCUT2D eigenvalue weighted by molar-refractivity contribution is 5.87. The van der Waals surface area contributed by atoms with E-state index in [1.54, 1.807) is 0 Å². The molecule has 5 heterocycles. The van der Waals surface area contributed by atoms with Crippen LogP contribution in [0.2, 0.25) is 0 Å². The fourth-order valence-corrected chi connectivity index (χ4v) is 6.06. The van der Waals surface area contributed by atoms with Gasteiger partial charge >= 0.3 is 5.97 Å². The van der Waals surface area contributed by atoms with Crippen LogP contribution in [0.4, 0.5) is 0 Å². The summed E-state index contributed by atoms with van der Waals surface area (Å²) in [6.45, 7) is 7.25. The van der Waals surface area contributed by atoms with Crippen molar-refractivity contribution in [3.05, 3.63) is 0 Å². The zero-order valence-corrected chi connectivity index (χ0v) is 18.0. The van der Waals surface area contributed by atoms with E-state index < -0.39 is 11.3 Å². The summed E-state index contributed by atoms with van der Waals surface area (Å²) in [5.41, 5.74) is -1.64. The lowest BCUT2D eigenvalue weighted by atomic mass is 9.81. The minimum Gasteiger partial charge on any atom is -0.460 e. The fourth-order valence-electron chi connectivity index (χ4n) is 6.06. The normalized spacial score (nSPS) is 41.7. The number of carbonyl (C=O) groups excluding carboxylic acids is 1. The monoisotopic (exact) mass is 405 g/mol. The van der Waals surface area contributed by atoms with Gasteiger partial charge in [-0.15, -0.1) is 0 Å². The quantitative estimate of drug-likeness (QED) is 0.677. The van der Waals surface area contributed by atoms with Gasteiger partial charge in [-0.25, -0.2) is 4.99 Å². The van der Waals surface area contributed by atoms with Crippen LogP contribution in [0.5, 0.6) is 0 Å². The molecule has 0 amide bonds. The number of esters is 1. The highest BCUT2D eigenvalue weighted by atomic mass is 16.6. The number of hydrogen-bond acceptors (Lipinski definition) is 7. The van der Waals surface area contributed by atoms with Gasteiger partial charge < -0.3 is 24.4 Å². The van der Waals surface area contributed by atoms with E-state index in [1.807, 2.05) is 20.8 Å². The van der Waals surface area contributed by atoms with Crippen molar-refractivity contribution >= 4 is 11.9 Å². The van der Waals surface area contributed by atoms with Gasteiger partial charge in [-0.3, -0.25) is 4.79 Å². The lowest BCUT2D eigenvalue weighted by molar-refractivity contribution is -0.190. The first-order valence-corrected chi connectivity index (χ1v) is 11.5. The van der Waals surface area contributed by atoms with Gasteiger partial charge in [0.1, 0.15) is 17.2 Å². The molecule has 0 aromatic heterocycles. The average Bonchev–Trinajstić information content (AvgIpc) is 3.05. The molecule has 162 valence electrons. The second-order valence-electron chi connectivity index (χ2n) is 10.4. The maximum atomic E-state index is 13.4. The zero-order chi connectivity index (χ0) is 20.3. The van der Waals surface area contributed by atoms with Crippen LogP contribution in [0.15, 0.2) is 4.99 Å². The van der Waals surface area contributed by atoms with Gasteiger partial charge in [0.15, 0.2) is 11.7 Å². The average molecular weight is 406 g/mol. The van der Waals surface area contributed by atoms with E-state index in [0.717, 1.165) is 63.9 Å². The molecule has 0 saturated carbocycles. The van der Waals surface area contributed by atoms with Crippen molar-refractivity contribution in [2.75, 3.05) is 13.2 Å². The largest absolute Gasteiger partial charge is 0.460 e. The molecule has 5 atom stereocenters. The van der Waals surface area contributed by atoms with Gasteiger partial charge in [-0.1, -0.05) is 0 Å². The standard InChI is InChI=1S/C22H35N3O4/c1-20(2,3)29-18(26)17-16-9-8-15-14-21(10-4-6-12-27-21)23-19(25(15)16)24-22(17)11-5-7-13-28-22/h15-17H,4-14H2,1-3H3,(H,23,24)/t15-,16+,17?,21-,22-/m0/s1. The number of nitrogens with zero attached hydrogens (tertiary/aromatic N) is 2. The number of nitrogens with one attached hydrogen (secondary N) is 1. The van der Waals surface area contributed by atoms with E-state index in [4.69, 9.17) is 19.2 Å². The summed E-state index contributed by atoms with van der Waals surface area (Å²) >= 11 is 0. The fraction of sp³-hybridized carbons (Fsp3) is 0.909. The van der Waals surface area contributed by atoms with Gasteiger partial charge in [0, 0.05) is 25.7 Å². The first-order valence-electron chi connectivity index (χ1n) is 11.5. The maximum Gasteiger partial charge on any atom is 0.316 e. The van der Waals surface area contributed by atoms with Crippen molar-refractivity contribution in [3.8, 4) is 0 Å². The Balaban J connectivity index is 1.53. The Morgan fingerprint density at radius 2 is 1.90 bits per heavy atom. The van der Waals surface area contributed by atoms with E-state index in [2.05, 4.69) is 10.2 Å². The van der Waals surface area contributed by atoms with Crippen molar-refractivity contribution in [3.63, 3.8) is 0 Å². The van der Waals surface area contributed by atoms with Crippen molar-refractivity contribution in [1.82, 2.24) is 10.2 Å². The molecule has 0 radical (unpaired) electrons. The van der Waals surface area contributed by atoms with Crippen LogP contribution in [-0.4, -0.2) is 59.2 Å². The molecule has 7 heteroatoms. The summed E-state index contributed by atoms with van der Waals surface area (Å²) in [6, 6.07) is 0.442. The van der Waals surface area contributed by atoms with Crippen LogP contribution in [0.3, 0.4) is 0 Å². The first-order chi connectivity index (χ1) is 13.8. The molecule has 4 saturated heterocycles. The zero-order valence-electron chi connectivity index (χ0n) is 18.0. The van der Waals surface area contributed by atoms with E-state index in [-0.39, 0.29) is 23.7 Å². The summed E-state index contributed by atoms with van der Waals surface area (Å²) in [6.07, 6.45) is 9.12. The van der Waals surface area contributed by atoms with E-state index in [0.29, 0.717) is 12.6 Å². The maximum absolute atomic E-state index is 13.4. The molecule has 5 aliphatic heterocycles. The number of rotatable bonds is 1. The highest BCUT2D eigenvalue weighted by Crippen LogP contribution is 2.49. The van der Waals surface area contributed by atoms with Crippen LogP contribution in [0.25, 0.3) is 0 Å². The molecule has 29 heavy (non-hydrogen) atoms. The molecule has 5 rings (SSSR count). The third kappa shape index (κ3) is 3.34. The highest BCUT2D eigenvalue weighted by Gasteiger charge is 2.61. The number of carbonyl (C=O) groups is 1. The molecular formula is C22H35N3O4. The second-order valence-corrected chi connectivity index (χ2v) is 10.4. The SMILES string of the molecule is CC(C)(C)OC(=O)C1[C@H]2CC[C@H]3C[C@@]4(CCCCO4)NC(=N[C@]14CCCCO4)N32. The number of aliphatic imine (C=N–C) groups is 1.